The first-order valence-corrected chi connectivity index (χ1v) is 25.1. The molecule has 0 unspecified atom stereocenters. The number of hydrogen-bond acceptors (Lipinski definition) is 6. The van der Waals surface area contributed by atoms with E-state index in [1.807, 2.05) is 46.9 Å². The van der Waals surface area contributed by atoms with Gasteiger partial charge < -0.3 is 18.6 Å². The lowest BCUT2D eigenvalue weighted by Gasteiger charge is -2.26. The number of nitrogens with zero attached hydrogens (tertiary/aromatic N) is 2. The van der Waals surface area contributed by atoms with Crippen LogP contribution in [0.25, 0.3) is 96.1 Å². The summed E-state index contributed by atoms with van der Waals surface area (Å²) in [5, 5.41) is 6.94. The highest BCUT2D eigenvalue weighted by molar-refractivity contribution is 7.22. The van der Waals surface area contributed by atoms with Crippen molar-refractivity contribution in [2.24, 2.45) is 0 Å². The summed E-state index contributed by atoms with van der Waals surface area (Å²) in [6.07, 6.45) is 0. The van der Waals surface area contributed by atoms with Crippen molar-refractivity contribution in [1.82, 2.24) is 0 Å². The lowest BCUT2D eigenvalue weighted by molar-refractivity contribution is 0.668. The monoisotopic (exact) mass is 932 g/mol. The third-order valence-corrected chi connectivity index (χ3v) is 15.8. The molecule has 6 heteroatoms. The van der Waals surface area contributed by atoms with Crippen LogP contribution in [0.2, 0.25) is 0 Å². The second-order valence-corrected chi connectivity index (χ2v) is 19.8. The average molecular weight is 933 g/mol. The van der Waals surface area contributed by atoms with E-state index in [9.17, 15) is 0 Å². The van der Waals surface area contributed by atoms with Crippen LogP contribution >= 0.6 is 22.7 Å². The van der Waals surface area contributed by atoms with Crippen molar-refractivity contribution in [1.29, 1.82) is 0 Å². The summed E-state index contributed by atoms with van der Waals surface area (Å²) in [7, 11) is 0. The fraction of sp³-hybridized carbons (Fsp3) is 0. The van der Waals surface area contributed by atoms with Crippen LogP contribution in [0.1, 0.15) is 0 Å². The van der Waals surface area contributed by atoms with Crippen LogP contribution in [0, 0.1) is 0 Å². The van der Waals surface area contributed by atoms with Gasteiger partial charge in [-0.05, 0) is 130 Å². The van der Waals surface area contributed by atoms with Crippen LogP contribution in [-0.2, 0) is 0 Å². The maximum absolute atomic E-state index is 6.65. The van der Waals surface area contributed by atoms with Gasteiger partial charge in [0, 0.05) is 63.4 Å². The van der Waals surface area contributed by atoms with Crippen LogP contribution in [0.4, 0.5) is 34.1 Å². The zero-order chi connectivity index (χ0) is 46.1. The zero-order valence-electron chi connectivity index (χ0n) is 37.6. The van der Waals surface area contributed by atoms with E-state index >= 15 is 0 Å². The van der Waals surface area contributed by atoms with Crippen LogP contribution in [-0.4, -0.2) is 0 Å². The molecule has 0 saturated carbocycles. The molecule has 14 rings (SSSR count). The molecule has 330 valence electrons. The Labute approximate surface area is 411 Å². The van der Waals surface area contributed by atoms with Gasteiger partial charge in [0.15, 0.2) is 11.2 Å². The Hall–Kier alpha value is -8.68. The number of rotatable bonds is 9. The molecule has 4 heterocycles. The number of thiophene rings is 2. The summed E-state index contributed by atoms with van der Waals surface area (Å²) in [4.78, 5) is 7.14. The minimum Gasteiger partial charge on any atom is -0.454 e. The van der Waals surface area contributed by atoms with Crippen molar-refractivity contribution in [2.75, 3.05) is 9.80 Å². The standard InChI is InChI=1S/C64H40N2O2S2/c1-7-21-59-45(11-1)39-61(69-59)43-27-35-49(36-28-43)65(55-17-9-15-53-51-13-3-5-19-57(51)67-63(53)55)47-31-23-41(24-32-47)42-25-33-48(34-26-42)66(56-18-10-16-54-52-14-4-6-20-58(52)68-64(54)56)50-37-29-44(30-38-50)62-40-46-12-2-8-22-60(46)70-62/h1-40H. The second kappa shape index (κ2) is 16.5. The van der Waals surface area contributed by atoms with Gasteiger partial charge in [-0.3, -0.25) is 0 Å². The number of hydrogen-bond donors (Lipinski definition) is 0. The van der Waals surface area contributed by atoms with E-state index in [-0.39, 0.29) is 0 Å². The zero-order valence-corrected chi connectivity index (χ0v) is 39.3. The molecule has 0 radical (unpaired) electrons. The van der Waals surface area contributed by atoms with Gasteiger partial charge >= 0.3 is 0 Å². The predicted molar refractivity (Wildman–Crippen MR) is 297 cm³/mol. The normalized spacial score (nSPS) is 11.7. The maximum atomic E-state index is 6.65. The van der Waals surface area contributed by atoms with E-state index in [1.54, 1.807) is 0 Å². The van der Waals surface area contributed by atoms with E-state index in [1.165, 1.54) is 41.1 Å². The third-order valence-electron chi connectivity index (χ3n) is 13.5. The van der Waals surface area contributed by atoms with Crippen molar-refractivity contribution < 1.29 is 8.83 Å². The number of fused-ring (bicyclic) bond motifs is 8. The lowest BCUT2D eigenvalue weighted by Crippen LogP contribution is -2.10. The Morgan fingerprint density at radius 3 is 1.03 bits per heavy atom. The predicted octanol–water partition coefficient (Wildman–Crippen LogP) is 19.9. The highest BCUT2D eigenvalue weighted by Gasteiger charge is 2.22. The van der Waals surface area contributed by atoms with E-state index in [2.05, 4.69) is 228 Å². The summed E-state index contributed by atoms with van der Waals surface area (Å²) in [5.41, 5.74) is 14.2. The van der Waals surface area contributed by atoms with Crippen LogP contribution in [0.3, 0.4) is 0 Å². The van der Waals surface area contributed by atoms with Crippen molar-refractivity contribution in [3.05, 3.63) is 243 Å². The molecule has 14 aromatic rings. The summed E-state index contributed by atoms with van der Waals surface area (Å²) >= 11 is 3.65. The SMILES string of the molecule is c1ccc2sc(-c3ccc(N(c4ccc(-c5ccc(N(c6ccc(-c7cc8ccccc8s7)cc6)c6cccc7c6oc6ccccc67)cc5)cc4)c4cccc5c4oc4ccccc45)cc3)cc2c1. The molecule has 10 aromatic carbocycles. The Bertz CT molecular complexity index is 3890. The van der Waals surface area contributed by atoms with Gasteiger partial charge in [-0.15, -0.1) is 22.7 Å². The van der Waals surface area contributed by atoms with Crippen molar-refractivity contribution in [3.8, 4) is 32.0 Å². The summed E-state index contributed by atoms with van der Waals surface area (Å²) in [6, 6.07) is 86.8. The third kappa shape index (κ3) is 6.87. The first-order chi connectivity index (χ1) is 34.7. The molecule has 0 aliphatic heterocycles. The second-order valence-electron chi connectivity index (χ2n) is 17.7. The highest BCUT2D eigenvalue weighted by Crippen LogP contribution is 2.46. The smallest absolute Gasteiger partial charge is 0.159 e. The number of anilines is 6. The maximum Gasteiger partial charge on any atom is 0.159 e. The molecular formula is C64H40N2O2S2. The number of benzene rings is 10. The Kier molecular flexibility index (Phi) is 9.54. The molecule has 70 heavy (non-hydrogen) atoms. The van der Waals surface area contributed by atoms with Gasteiger partial charge in [0.2, 0.25) is 0 Å². The van der Waals surface area contributed by atoms with Gasteiger partial charge in [0.25, 0.3) is 0 Å². The molecule has 4 nitrogen and oxygen atoms in total. The molecule has 0 spiro atoms. The fourth-order valence-corrected chi connectivity index (χ4v) is 12.2. The fourth-order valence-electron chi connectivity index (χ4n) is 10.1. The van der Waals surface area contributed by atoms with E-state index in [0.717, 1.165) is 89.1 Å². The van der Waals surface area contributed by atoms with Gasteiger partial charge in [-0.2, -0.15) is 0 Å². The molecule has 0 fully saturated rings. The van der Waals surface area contributed by atoms with E-state index in [0.29, 0.717) is 0 Å². The van der Waals surface area contributed by atoms with Gasteiger partial charge in [0.1, 0.15) is 11.2 Å². The van der Waals surface area contributed by atoms with Crippen LogP contribution in [0.15, 0.2) is 251 Å². The molecule has 4 aromatic heterocycles. The van der Waals surface area contributed by atoms with Gasteiger partial charge in [0.05, 0.1) is 11.4 Å². The van der Waals surface area contributed by atoms with Crippen molar-refractivity contribution >= 4 is 121 Å². The molecule has 0 aliphatic carbocycles. The lowest BCUT2D eigenvalue weighted by atomic mass is 10.0. The Morgan fingerprint density at radius 1 is 0.286 bits per heavy atom. The van der Waals surface area contributed by atoms with Crippen LogP contribution < -0.4 is 9.80 Å². The number of furan rings is 2. The van der Waals surface area contributed by atoms with Crippen molar-refractivity contribution in [2.45, 2.75) is 0 Å². The first-order valence-electron chi connectivity index (χ1n) is 23.5. The minimum atomic E-state index is 0.856. The van der Waals surface area contributed by atoms with Crippen molar-refractivity contribution in [3.63, 3.8) is 0 Å². The number of para-hydroxylation sites is 4. The molecular weight excluding hydrogens is 893 g/mol. The Balaban J connectivity index is 0.832. The molecule has 0 N–H and O–H groups in total. The van der Waals surface area contributed by atoms with Gasteiger partial charge in [-0.1, -0.05) is 146 Å². The first kappa shape index (κ1) is 40.4. The molecule has 0 atom stereocenters. The average Bonchev–Trinajstić information content (AvgIpc) is 4.23. The Morgan fingerprint density at radius 2 is 0.629 bits per heavy atom. The van der Waals surface area contributed by atoms with Gasteiger partial charge in [-0.25, -0.2) is 0 Å². The molecule has 0 bridgehead atoms. The summed E-state index contributed by atoms with van der Waals surface area (Å²) < 4.78 is 15.9. The minimum absolute atomic E-state index is 0.856. The largest absolute Gasteiger partial charge is 0.454 e. The topological polar surface area (TPSA) is 32.8 Å². The summed E-state index contributed by atoms with van der Waals surface area (Å²) in [6.45, 7) is 0. The molecule has 0 aliphatic rings. The molecule has 0 saturated heterocycles. The van der Waals surface area contributed by atoms with E-state index < -0.39 is 0 Å². The molecule has 0 amide bonds. The summed E-state index contributed by atoms with van der Waals surface area (Å²) in [5.74, 6) is 0. The van der Waals surface area contributed by atoms with E-state index in [4.69, 9.17) is 8.83 Å². The van der Waals surface area contributed by atoms with Crippen LogP contribution in [0.5, 0.6) is 0 Å². The quantitative estimate of drug-likeness (QED) is 0.144. The highest BCUT2D eigenvalue weighted by atomic mass is 32.1.